The first-order chi connectivity index (χ1) is 7.57. The molecule has 0 amide bonds. The van der Waals surface area contributed by atoms with E-state index in [4.69, 9.17) is 0 Å². The zero-order chi connectivity index (χ0) is 11.9. The summed E-state index contributed by atoms with van der Waals surface area (Å²) >= 11 is 0. The Morgan fingerprint density at radius 2 is 2.19 bits per heavy atom. The number of nitrogens with zero attached hydrogens (tertiary/aromatic N) is 2. The minimum Gasteiger partial charge on any atom is -0.494 e. The summed E-state index contributed by atoms with van der Waals surface area (Å²) in [4.78, 5) is 4.28. The molecule has 0 saturated heterocycles. The molecule has 2 aromatic heterocycles. The number of hydrogen-bond donors (Lipinski definition) is 2. The van der Waals surface area contributed by atoms with Gasteiger partial charge in [0, 0.05) is 20.5 Å². The monoisotopic (exact) mass is 290 g/mol. The average molecular weight is 290 g/mol. The van der Waals surface area contributed by atoms with Crippen molar-refractivity contribution in [1.82, 2.24) is 9.55 Å². The molecule has 0 aliphatic heterocycles. The van der Waals surface area contributed by atoms with E-state index in [1.54, 1.807) is 19.3 Å². The third-order valence-electron chi connectivity index (χ3n) is 2.36. The van der Waals surface area contributed by atoms with Gasteiger partial charge in [-0.3, -0.25) is 9.55 Å². The van der Waals surface area contributed by atoms with E-state index in [9.17, 15) is 10.2 Å². The van der Waals surface area contributed by atoms with Crippen molar-refractivity contribution in [2.45, 2.75) is 0 Å². The summed E-state index contributed by atoms with van der Waals surface area (Å²) in [6.45, 7) is 0. The summed E-state index contributed by atoms with van der Waals surface area (Å²) in [5.41, 5.74) is 0.808. The van der Waals surface area contributed by atoms with Gasteiger partial charge in [-0.05, 0) is 13.6 Å². The second kappa shape index (κ2) is 4.55. The molecule has 84 valence electrons. The Bertz CT molecular complexity index is 569. The van der Waals surface area contributed by atoms with Crippen molar-refractivity contribution < 1.29 is 10.2 Å². The fourth-order valence-electron chi connectivity index (χ4n) is 1.53. The van der Waals surface area contributed by atoms with Crippen LogP contribution in [0.25, 0.3) is 10.8 Å². The third-order valence-corrected chi connectivity index (χ3v) is 10.3. The van der Waals surface area contributed by atoms with Gasteiger partial charge in [-0.2, -0.15) is 0 Å². The molecule has 2 atom stereocenters. The molecular formula is C8H10N2O2P4. The number of pyridine rings is 1. The van der Waals surface area contributed by atoms with Crippen molar-refractivity contribution >= 4 is 48.5 Å². The third kappa shape index (κ3) is 1.75. The van der Waals surface area contributed by atoms with Crippen LogP contribution in [0.3, 0.4) is 0 Å². The molecule has 0 spiro atoms. The first kappa shape index (κ1) is 12.2. The zero-order valence-corrected chi connectivity index (χ0v) is 12.4. The molecule has 0 saturated carbocycles. The Hall–Kier alpha value is -0.250. The number of rotatable bonds is 2. The van der Waals surface area contributed by atoms with E-state index in [0.29, 0.717) is 10.8 Å². The predicted octanol–water partition coefficient (Wildman–Crippen LogP) is 2.80. The highest BCUT2D eigenvalue weighted by Gasteiger charge is 2.19. The smallest absolute Gasteiger partial charge is 0.204 e. The minimum absolute atomic E-state index is 0.0564. The lowest BCUT2D eigenvalue weighted by atomic mass is 10.3. The van der Waals surface area contributed by atoms with Crippen molar-refractivity contribution in [3.8, 4) is 11.8 Å². The largest absolute Gasteiger partial charge is 0.494 e. The van der Waals surface area contributed by atoms with Gasteiger partial charge in [0.2, 0.25) is 11.8 Å². The van der Waals surface area contributed by atoms with Gasteiger partial charge in [-0.15, -0.1) is 0 Å². The van der Waals surface area contributed by atoms with Crippen molar-refractivity contribution in [3.63, 3.8) is 0 Å². The van der Waals surface area contributed by atoms with E-state index in [1.165, 1.54) is 4.57 Å². The highest BCUT2D eigenvalue weighted by molar-refractivity contribution is 8.54. The molecule has 0 radical (unpaired) electrons. The molecule has 0 aliphatic rings. The Labute approximate surface area is 99.7 Å². The van der Waals surface area contributed by atoms with Crippen molar-refractivity contribution in [2.75, 3.05) is 0 Å². The first-order valence-corrected chi connectivity index (χ1v) is 10.3. The Balaban J connectivity index is 2.87. The summed E-state index contributed by atoms with van der Waals surface area (Å²) in [7, 11) is 8.18. The van der Waals surface area contributed by atoms with Gasteiger partial charge in [-0.1, -0.05) is 17.5 Å². The SMILES string of the molecule is Cn1c(O)c2ccnc(P(P)P=P)c2c1O. The summed E-state index contributed by atoms with van der Waals surface area (Å²) in [5.74, 6) is 0.121. The molecule has 8 heteroatoms. The van der Waals surface area contributed by atoms with Crippen LogP contribution < -0.4 is 5.44 Å². The Kier molecular flexibility index (Phi) is 3.48. The topological polar surface area (TPSA) is 58.3 Å². The average Bonchev–Trinajstić information content (AvgIpc) is 2.54. The van der Waals surface area contributed by atoms with Crippen molar-refractivity contribution in [3.05, 3.63) is 12.3 Å². The van der Waals surface area contributed by atoms with Gasteiger partial charge < -0.3 is 10.2 Å². The van der Waals surface area contributed by atoms with Crippen molar-refractivity contribution in [2.24, 2.45) is 7.05 Å². The molecule has 2 rings (SSSR count). The predicted molar refractivity (Wildman–Crippen MR) is 75.5 cm³/mol. The summed E-state index contributed by atoms with van der Waals surface area (Å²) in [5, 5.41) is 21.0. The number of aromatic nitrogens is 2. The summed E-state index contributed by atoms with van der Waals surface area (Å²) in [6.07, 6.45) is 1.65. The maximum Gasteiger partial charge on any atom is 0.204 e. The molecule has 0 fully saturated rings. The molecule has 2 N–H and O–H groups in total. The van der Waals surface area contributed by atoms with Gasteiger partial charge in [0.25, 0.3) is 0 Å². The fraction of sp³-hybridized carbons (Fsp3) is 0.125. The van der Waals surface area contributed by atoms with E-state index in [-0.39, 0.29) is 11.8 Å². The van der Waals surface area contributed by atoms with Crippen LogP contribution in [0.2, 0.25) is 0 Å². The second-order valence-corrected chi connectivity index (χ2v) is 11.1. The van der Waals surface area contributed by atoms with E-state index < -0.39 is 7.30 Å². The molecule has 16 heavy (non-hydrogen) atoms. The van der Waals surface area contributed by atoms with Gasteiger partial charge in [0.15, 0.2) is 0 Å². The Morgan fingerprint density at radius 3 is 2.81 bits per heavy atom. The van der Waals surface area contributed by atoms with Crippen molar-refractivity contribution in [1.29, 1.82) is 0 Å². The maximum atomic E-state index is 9.95. The molecular weight excluding hydrogens is 280 g/mol. The van der Waals surface area contributed by atoms with Crippen LogP contribution in [0.15, 0.2) is 12.3 Å². The lowest BCUT2D eigenvalue weighted by Gasteiger charge is -2.05. The first-order valence-electron chi connectivity index (χ1n) is 4.35. The lowest BCUT2D eigenvalue weighted by Crippen LogP contribution is -2.01. The van der Waals surface area contributed by atoms with Crippen LogP contribution in [0.1, 0.15) is 0 Å². The zero-order valence-electron chi connectivity index (χ0n) is 8.42. The molecule has 2 aromatic rings. The number of fused-ring (bicyclic) bond motifs is 1. The summed E-state index contributed by atoms with van der Waals surface area (Å²) < 4.78 is 1.36. The van der Waals surface area contributed by atoms with E-state index in [2.05, 4.69) is 22.4 Å². The van der Waals surface area contributed by atoms with Crippen LogP contribution in [-0.4, -0.2) is 19.8 Å². The molecule has 0 aromatic carbocycles. The molecule has 0 aliphatic carbocycles. The second-order valence-electron chi connectivity index (χ2n) is 3.21. The van der Waals surface area contributed by atoms with Crippen LogP contribution in [0.5, 0.6) is 11.8 Å². The van der Waals surface area contributed by atoms with E-state index in [1.807, 2.05) is 0 Å². The quantitative estimate of drug-likeness (QED) is 0.836. The normalized spacial score (nSPS) is 13.4. The molecule has 4 nitrogen and oxygen atoms in total. The number of hydrogen-bond acceptors (Lipinski definition) is 3. The standard InChI is InChI=1S/C8H10N2O2P4/c1-10-7(11)4-2-3-9-6(16(14)15-13)5(4)8(10)12/h2-3,11-13H,14H2,1H3. The van der Waals surface area contributed by atoms with Crippen LogP contribution in [0, 0.1) is 0 Å². The summed E-state index contributed by atoms with van der Waals surface area (Å²) in [6, 6.07) is 1.70. The van der Waals surface area contributed by atoms with Gasteiger partial charge in [-0.25, -0.2) is 0 Å². The number of aromatic hydroxyl groups is 2. The Morgan fingerprint density at radius 1 is 1.50 bits per heavy atom. The van der Waals surface area contributed by atoms with E-state index >= 15 is 0 Å². The van der Waals surface area contributed by atoms with Crippen LogP contribution >= 0.6 is 32.3 Å². The van der Waals surface area contributed by atoms with Gasteiger partial charge in [0.1, 0.15) is 0 Å². The van der Waals surface area contributed by atoms with Crippen LogP contribution in [-0.2, 0) is 7.05 Å². The van der Waals surface area contributed by atoms with Gasteiger partial charge in [0.05, 0.1) is 16.2 Å². The fourth-order valence-corrected chi connectivity index (χ4v) is 4.44. The highest BCUT2D eigenvalue weighted by atomic mass is 32.5. The highest BCUT2D eigenvalue weighted by Crippen LogP contribution is 2.58. The van der Waals surface area contributed by atoms with Gasteiger partial charge >= 0.3 is 0 Å². The molecule has 0 bridgehead atoms. The lowest BCUT2D eigenvalue weighted by molar-refractivity contribution is 0.391. The molecule has 2 heterocycles. The van der Waals surface area contributed by atoms with Crippen LogP contribution in [0.4, 0.5) is 0 Å². The molecule has 2 unspecified atom stereocenters. The minimum atomic E-state index is -0.582. The maximum absolute atomic E-state index is 9.95. The van der Waals surface area contributed by atoms with E-state index in [0.717, 1.165) is 13.0 Å².